The van der Waals surface area contributed by atoms with Crippen LogP contribution in [-0.4, -0.2) is 25.2 Å². The van der Waals surface area contributed by atoms with Crippen LogP contribution < -0.4 is 5.32 Å². The van der Waals surface area contributed by atoms with Gasteiger partial charge in [-0.15, -0.1) is 0 Å². The molecule has 0 spiro atoms. The van der Waals surface area contributed by atoms with Gasteiger partial charge in [0, 0.05) is 29.9 Å². The number of aromatic nitrogens is 4. The predicted octanol–water partition coefficient (Wildman–Crippen LogP) is 3.95. The van der Waals surface area contributed by atoms with Gasteiger partial charge in [-0.1, -0.05) is 42.5 Å². The number of carbonyl (C=O) groups excluding carboxylic acids is 1. The number of imidazole rings is 1. The fraction of sp³-hybridized carbons (Fsp3) is 0.227. The minimum atomic E-state index is -0.114. The molecule has 2 heterocycles. The van der Waals surface area contributed by atoms with Gasteiger partial charge in [0.15, 0.2) is 5.82 Å². The van der Waals surface area contributed by atoms with Crippen LogP contribution in [0.5, 0.6) is 0 Å². The Kier molecular flexibility index (Phi) is 4.16. The Labute approximate surface area is 162 Å². The maximum atomic E-state index is 12.7. The van der Waals surface area contributed by atoms with E-state index in [0.717, 1.165) is 28.8 Å². The van der Waals surface area contributed by atoms with Crippen LogP contribution in [0.15, 0.2) is 67.0 Å². The average molecular weight is 371 g/mol. The van der Waals surface area contributed by atoms with Crippen molar-refractivity contribution in [3.8, 4) is 11.4 Å². The van der Waals surface area contributed by atoms with Crippen molar-refractivity contribution >= 4 is 22.6 Å². The van der Waals surface area contributed by atoms with Crippen LogP contribution in [0.25, 0.3) is 22.3 Å². The zero-order valence-electron chi connectivity index (χ0n) is 15.5. The fourth-order valence-corrected chi connectivity index (χ4v) is 3.51. The van der Waals surface area contributed by atoms with Crippen molar-refractivity contribution in [1.82, 2.24) is 19.3 Å². The third-order valence-electron chi connectivity index (χ3n) is 5.11. The molecule has 2 aromatic heterocycles. The highest BCUT2D eigenvalue weighted by molar-refractivity contribution is 5.99. The summed E-state index contributed by atoms with van der Waals surface area (Å²) in [6.45, 7) is 1.10. The van der Waals surface area contributed by atoms with Crippen LogP contribution in [0.4, 0.5) is 5.82 Å². The van der Waals surface area contributed by atoms with Crippen LogP contribution in [0, 0.1) is 5.92 Å². The van der Waals surface area contributed by atoms with Crippen molar-refractivity contribution < 1.29 is 4.79 Å². The van der Waals surface area contributed by atoms with Gasteiger partial charge in [0.25, 0.3) is 0 Å². The highest BCUT2D eigenvalue weighted by Crippen LogP contribution is 2.32. The molecule has 1 fully saturated rings. The van der Waals surface area contributed by atoms with E-state index in [2.05, 4.69) is 21.5 Å². The van der Waals surface area contributed by atoms with Gasteiger partial charge in [0.05, 0.1) is 5.52 Å². The van der Waals surface area contributed by atoms with Gasteiger partial charge in [-0.3, -0.25) is 9.48 Å². The lowest BCUT2D eigenvalue weighted by molar-refractivity contribution is -0.116. The molecule has 0 unspecified atom stereocenters. The fourth-order valence-electron chi connectivity index (χ4n) is 3.51. The van der Waals surface area contributed by atoms with Crippen molar-refractivity contribution in [2.45, 2.75) is 25.9 Å². The Morgan fingerprint density at radius 3 is 2.68 bits per heavy atom. The zero-order valence-corrected chi connectivity index (χ0v) is 15.5. The number of benzene rings is 2. The number of anilines is 1. The Morgan fingerprint density at radius 1 is 1.07 bits per heavy atom. The average Bonchev–Trinajstić information content (AvgIpc) is 3.32. The number of amides is 1. The molecule has 1 N–H and O–H groups in total. The smallest absolute Gasteiger partial charge is 0.245 e. The minimum absolute atomic E-state index is 0.114. The quantitative estimate of drug-likeness (QED) is 0.558. The molecule has 1 aliphatic carbocycles. The summed E-state index contributed by atoms with van der Waals surface area (Å²) in [6.07, 6.45) is 6.07. The summed E-state index contributed by atoms with van der Waals surface area (Å²) >= 11 is 0. The summed E-state index contributed by atoms with van der Waals surface area (Å²) in [5, 5.41) is 8.65. The first kappa shape index (κ1) is 16.7. The van der Waals surface area contributed by atoms with Crippen molar-refractivity contribution in [3.63, 3.8) is 0 Å². The normalized spacial score (nSPS) is 13.7. The SMILES string of the molecule is O=C(Cn1ccnc1-c1ccccc1)Nc1nn(CC2CC2)c2ccccc12. The lowest BCUT2D eigenvalue weighted by Crippen LogP contribution is -2.19. The van der Waals surface area contributed by atoms with Crippen LogP contribution in [0.2, 0.25) is 0 Å². The summed E-state index contributed by atoms with van der Waals surface area (Å²) in [4.78, 5) is 17.1. The van der Waals surface area contributed by atoms with E-state index in [9.17, 15) is 4.79 Å². The molecule has 28 heavy (non-hydrogen) atoms. The van der Waals surface area contributed by atoms with Gasteiger partial charge >= 0.3 is 0 Å². The Bertz CT molecular complexity index is 1120. The first-order valence-electron chi connectivity index (χ1n) is 9.60. The van der Waals surface area contributed by atoms with Gasteiger partial charge in [-0.05, 0) is 30.9 Å². The maximum Gasteiger partial charge on any atom is 0.245 e. The third-order valence-corrected chi connectivity index (χ3v) is 5.11. The molecule has 0 bridgehead atoms. The summed E-state index contributed by atoms with van der Waals surface area (Å²) in [6, 6.07) is 17.9. The van der Waals surface area contributed by atoms with E-state index < -0.39 is 0 Å². The number of nitrogens with zero attached hydrogens (tertiary/aromatic N) is 4. The number of fused-ring (bicyclic) bond motifs is 1. The number of rotatable bonds is 6. The molecule has 0 saturated heterocycles. The Hall–Kier alpha value is -3.41. The lowest BCUT2D eigenvalue weighted by Gasteiger charge is -2.08. The van der Waals surface area contributed by atoms with E-state index in [0.29, 0.717) is 11.7 Å². The van der Waals surface area contributed by atoms with E-state index in [4.69, 9.17) is 0 Å². The largest absolute Gasteiger partial charge is 0.322 e. The summed E-state index contributed by atoms with van der Waals surface area (Å²) < 4.78 is 3.88. The topological polar surface area (TPSA) is 64.7 Å². The molecular weight excluding hydrogens is 350 g/mol. The van der Waals surface area contributed by atoms with Crippen molar-refractivity contribution in [1.29, 1.82) is 0 Å². The van der Waals surface area contributed by atoms with E-state index >= 15 is 0 Å². The molecule has 0 radical (unpaired) electrons. The first-order chi connectivity index (χ1) is 13.8. The Balaban J connectivity index is 1.38. The second-order valence-electron chi connectivity index (χ2n) is 7.28. The molecule has 1 saturated carbocycles. The molecule has 0 atom stereocenters. The molecule has 1 aliphatic rings. The number of hydrogen-bond donors (Lipinski definition) is 1. The highest BCUT2D eigenvalue weighted by atomic mass is 16.2. The summed E-state index contributed by atoms with van der Waals surface area (Å²) in [5.74, 6) is 2.01. The molecule has 140 valence electrons. The molecule has 1 amide bonds. The van der Waals surface area contributed by atoms with Gasteiger partial charge < -0.3 is 9.88 Å². The second-order valence-corrected chi connectivity index (χ2v) is 7.28. The number of nitrogens with one attached hydrogen (secondary N) is 1. The highest BCUT2D eigenvalue weighted by Gasteiger charge is 2.24. The predicted molar refractivity (Wildman–Crippen MR) is 109 cm³/mol. The summed E-state index contributed by atoms with van der Waals surface area (Å²) in [5.41, 5.74) is 2.05. The van der Waals surface area contributed by atoms with Crippen LogP contribution in [-0.2, 0) is 17.9 Å². The second kappa shape index (κ2) is 6.96. The number of hydrogen-bond acceptors (Lipinski definition) is 3. The minimum Gasteiger partial charge on any atom is -0.322 e. The molecular formula is C22H21N5O. The van der Waals surface area contributed by atoms with E-state index in [1.165, 1.54) is 12.8 Å². The Morgan fingerprint density at radius 2 is 1.86 bits per heavy atom. The van der Waals surface area contributed by atoms with Crippen molar-refractivity contribution in [3.05, 3.63) is 67.0 Å². The van der Waals surface area contributed by atoms with Gasteiger partial charge in [0.1, 0.15) is 12.4 Å². The maximum absolute atomic E-state index is 12.7. The van der Waals surface area contributed by atoms with Gasteiger partial charge in [-0.25, -0.2) is 4.98 Å². The van der Waals surface area contributed by atoms with E-state index in [1.807, 2.05) is 64.0 Å². The first-order valence-corrected chi connectivity index (χ1v) is 9.60. The molecule has 6 nitrogen and oxygen atoms in total. The van der Waals surface area contributed by atoms with Crippen LogP contribution in [0.1, 0.15) is 12.8 Å². The van der Waals surface area contributed by atoms with E-state index in [-0.39, 0.29) is 12.5 Å². The standard InChI is InChI=1S/C22H21N5O/c28-20(15-26-13-12-23-22(26)17-6-2-1-3-7-17)24-21-18-8-4-5-9-19(18)27(25-21)14-16-10-11-16/h1-9,12-13,16H,10-11,14-15H2,(H,24,25,28). The van der Waals surface area contributed by atoms with Gasteiger partial charge in [0.2, 0.25) is 5.91 Å². The van der Waals surface area contributed by atoms with Crippen LogP contribution in [0.3, 0.4) is 0 Å². The third kappa shape index (κ3) is 3.29. The molecule has 2 aromatic carbocycles. The number of para-hydroxylation sites is 1. The molecule has 0 aliphatic heterocycles. The van der Waals surface area contributed by atoms with Crippen molar-refractivity contribution in [2.24, 2.45) is 5.92 Å². The zero-order chi connectivity index (χ0) is 18.9. The van der Waals surface area contributed by atoms with Crippen molar-refractivity contribution in [2.75, 3.05) is 5.32 Å². The summed E-state index contributed by atoms with van der Waals surface area (Å²) in [7, 11) is 0. The molecule has 5 rings (SSSR count). The lowest BCUT2D eigenvalue weighted by atomic mass is 10.2. The van der Waals surface area contributed by atoms with E-state index in [1.54, 1.807) is 6.20 Å². The number of carbonyl (C=O) groups is 1. The van der Waals surface area contributed by atoms with Crippen LogP contribution >= 0.6 is 0 Å². The van der Waals surface area contributed by atoms with Gasteiger partial charge in [-0.2, -0.15) is 5.10 Å². The monoisotopic (exact) mass is 371 g/mol. The molecule has 6 heteroatoms. The molecule has 4 aromatic rings.